The number of hydrogen-bond donors (Lipinski definition) is 1. The van der Waals surface area contributed by atoms with Crippen LogP contribution in [-0.4, -0.2) is 9.97 Å². The average molecular weight is 162 g/mol. The highest BCUT2D eigenvalue weighted by Gasteiger charge is 1.77. The Kier molecular flexibility index (Phi) is 3.42. The lowest BCUT2D eigenvalue weighted by Crippen LogP contribution is -3.00. The van der Waals surface area contributed by atoms with Gasteiger partial charge in [0.05, 0.1) is 0 Å². The maximum absolute atomic E-state index is 4.73. The van der Waals surface area contributed by atoms with Crippen LogP contribution in [0.25, 0.3) is 0 Å². The number of aromatic nitrogens is 2. The molecule has 2 nitrogen and oxygen atoms in total. The molecule has 50 valence electrons. The second kappa shape index (κ2) is 3.58. The largest absolute Gasteiger partial charge is 1.00 e. The van der Waals surface area contributed by atoms with Gasteiger partial charge >= 0.3 is 0 Å². The lowest BCUT2D eigenvalue weighted by atomic mass is 10.5. The number of halogens is 1. The highest BCUT2D eigenvalue weighted by molar-refractivity contribution is 7.71. The molecule has 0 unspecified atom stereocenters. The summed E-state index contributed by atoms with van der Waals surface area (Å²) in [6.45, 7) is 1.94. The van der Waals surface area contributed by atoms with Crippen molar-refractivity contribution in [3.63, 3.8) is 0 Å². The van der Waals surface area contributed by atoms with Gasteiger partial charge in [-0.1, -0.05) is 0 Å². The van der Waals surface area contributed by atoms with Crippen LogP contribution in [0.3, 0.4) is 0 Å². The fourth-order valence-corrected chi connectivity index (χ4v) is 0.681. The predicted molar refractivity (Wildman–Crippen MR) is 34.2 cm³/mol. The smallest absolute Gasteiger partial charge is 0.196 e. The van der Waals surface area contributed by atoms with E-state index in [1.807, 2.05) is 13.0 Å². The Balaban J connectivity index is 0.000000640. The maximum Gasteiger partial charge on any atom is 0.196 e. The van der Waals surface area contributed by atoms with Gasteiger partial charge in [0.25, 0.3) is 0 Å². The second-order valence-electron chi connectivity index (χ2n) is 1.56. The fourth-order valence-electron chi connectivity index (χ4n) is 0.459. The van der Waals surface area contributed by atoms with Crippen molar-refractivity contribution in [1.29, 1.82) is 0 Å². The van der Waals surface area contributed by atoms with Gasteiger partial charge in [-0.05, 0) is 25.2 Å². The van der Waals surface area contributed by atoms with Crippen molar-refractivity contribution >= 4 is 12.2 Å². The first-order valence-electron chi connectivity index (χ1n) is 2.31. The molecular weight excluding hydrogens is 156 g/mol. The van der Waals surface area contributed by atoms with Crippen molar-refractivity contribution in [2.24, 2.45) is 0 Å². The topological polar surface area (TPSA) is 28.7 Å². The third-order valence-corrected chi connectivity index (χ3v) is 1.03. The minimum Gasteiger partial charge on any atom is -1.00 e. The van der Waals surface area contributed by atoms with E-state index >= 15 is 0 Å². The van der Waals surface area contributed by atoms with Gasteiger partial charge in [0, 0.05) is 11.9 Å². The molecule has 0 saturated heterocycles. The van der Waals surface area contributed by atoms with Crippen LogP contribution in [0.1, 0.15) is 5.69 Å². The van der Waals surface area contributed by atoms with Gasteiger partial charge in [-0.25, -0.2) is 4.98 Å². The van der Waals surface area contributed by atoms with Crippen LogP contribution in [0.15, 0.2) is 12.3 Å². The summed E-state index contributed by atoms with van der Waals surface area (Å²) in [7, 11) is 0. The van der Waals surface area contributed by atoms with Gasteiger partial charge in [0.1, 0.15) is 0 Å². The molecule has 0 aliphatic rings. The zero-order chi connectivity index (χ0) is 5.98. The van der Waals surface area contributed by atoms with Gasteiger partial charge in [0.2, 0.25) is 0 Å². The molecule has 0 bridgehead atoms. The van der Waals surface area contributed by atoms with E-state index in [-0.39, 0.29) is 12.4 Å². The summed E-state index contributed by atoms with van der Waals surface area (Å²) in [4.78, 5) is 6.67. The Labute approximate surface area is 64.7 Å². The number of aryl methyl sites for hydroxylation is 1. The highest BCUT2D eigenvalue weighted by Crippen LogP contribution is 1.85. The molecule has 1 aromatic heterocycles. The van der Waals surface area contributed by atoms with Crippen LogP contribution >= 0.6 is 12.2 Å². The van der Waals surface area contributed by atoms with Crippen LogP contribution in [0, 0.1) is 11.7 Å². The van der Waals surface area contributed by atoms with Crippen molar-refractivity contribution in [1.82, 2.24) is 9.97 Å². The molecule has 0 saturated carbocycles. The minimum atomic E-state index is 0. The van der Waals surface area contributed by atoms with E-state index in [0.29, 0.717) is 4.77 Å². The number of nitrogens with one attached hydrogen (secondary N) is 1. The molecule has 4 heteroatoms. The summed E-state index contributed by atoms with van der Waals surface area (Å²) in [5.41, 5.74) is 1.05. The Morgan fingerprint density at radius 2 is 2.33 bits per heavy atom. The van der Waals surface area contributed by atoms with Crippen molar-refractivity contribution < 1.29 is 12.4 Å². The van der Waals surface area contributed by atoms with E-state index in [9.17, 15) is 0 Å². The molecule has 0 aliphatic heterocycles. The minimum absolute atomic E-state index is 0. The molecule has 0 spiro atoms. The summed E-state index contributed by atoms with van der Waals surface area (Å²) in [5, 5.41) is 0. The summed E-state index contributed by atoms with van der Waals surface area (Å²) in [6, 6.07) is 1.87. The lowest BCUT2D eigenvalue weighted by Gasteiger charge is -1.86. The van der Waals surface area contributed by atoms with Crippen LogP contribution < -0.4 is 12.4 Å². The van der Waals surface area contributed by atoms with Crippen molar-refractivity contribution in [2.75, 3.05) is 0 Å². The molecule has 0 atom stereocenters. The zero-order valence-electron chi connectivity index (χ0n) is 4.89. The monoisotopic (exact) mass is 161 g/mol. The number of aromatic amines is 1. The lowest BCUT2D eigenvalue weighted by molar-refractivity contribution is -0.00000181. The molecule has 1 rings (SSSR count). The first-order valence-corrected chi connectivity index (χ1v) is 2.72. The van der Waals surface area contributed by atoms with E-state index in [1.165, 1.54) is 0 Å². The van der Waals surface area contributed by atoms with Gasteiger partial charge in [-0.15, -0.1) is 0 Å². The van der Waals surface area contributed by atoms with Crippen molar-refractivity contribution in [3.8, 4) is 0 Å². The van der Waals surface area contributed by atoms with Crippen LogP contribution in [0.2, 0.25) is 0 Å². The van der Waals surface area contributed by atoms with E-state index in [4.69, 9.17) is 12.2 Å². The summed E-state index contributed by atoms with van der Waals surface area (Å²) < 4.78 is 0.546. The van der Waals surface area contributed by atoms with Gasteiger partial charge in [0.15, 0.2) is 4.77 Å². The second-order valence-corrected chi connectivity index (χ2v) is 1.94. The fraction of sp³-hybridized carbons (Fsp3) is 0.200. The maximum atomic E-state index is 4.73. The molecule has 1 N–H and O–H groups in total. The van der Waals surface area contributed by atoms with Crippen LogP contribution in [0.5, 0.6) is 0 Å². The number of nitrogens with zero attached hydrogens (tertiary/aromatic N) is 1. The quantitative estimate of drug-likeness (QED) is 0.467. The van der Waals surface area contributed by atoms with E-state index < -0.39 is 0 Å². The van der Waals surface area contributed by atoms with E-state index in [1.54, 1.807) is 6.20 Å². The Morgan fingerprint density at radius 3 is 2.67 bits per heavy atom. The average Bonchev–Trinajstić information content (AvgIpc) is 1.64. The molecule has 0 aliphatic carbocycles. The molecule has 0 aromatic carbocycles. The molecule has 9 heavy (non-hydrogen) atoms. The Hall–Kier alpha value is -0.410. The summed E-state index contributed by atoms with van der Waals surface area (Å²) in [5.74, 6) is 0. The van der Waals surface area contributed by atoms with Crippen LogP contribution in [-0.2, 0) is 0 Å². The van der Waals surface area contributed by atoms with Gasteiger partial charge < -0.3 is 17.4 Å². The normalized spacial score (nSPS) is 8.11. The molecular formula is C5H6ClN2S-. The SMILES string of the molecule is Cc1ccnc(=S)[nH]1.[Cl-]. The molecule has 1 heterocycles. The van der Waals surface area contributed by atoms with E-state index in [0.717, 1.165) is 5.69 Å². The predicted octanol–water partition coefficient (Wildman–Crippen LogP) is -1.55. The third kappa shape index (κ3) is 2.58. The van der Waals surface area contributed by atoms with Crippen LogP contribution in [0.4, 0.5) is 0 Å². The number of H-pyrrole nitrogens is 1. The van der Waals surface area contributed by atoms with E-state index in [2.05, 4.69) is 9.97 Å². The first-order chi connectivity index (χ1) is 3.79. The standard InChI is InChI=1S/C5H6N2S.ClH/c1-4-2-3-6-5(8)7-4;/h2-3H,1H3,(H,6,7,8);1H/p-1. The number of hydrogen-bond acceptors (Lipinski definition) is 2. The molecule has 0 fully saturated rings. The highest BCUT2D eigenvalue weighted by atomic mass is 35.5. The molecule has 0 radical (unpaired) electrons. The summed E-state index contributed by atoms with van der Waals surface area (Å²) in [6.07, 6.45) is 1.69. The van der Waals surface area contributed by atoms with Gasteiger partial charge in [-0.3, -0.25) is 0 Å². The summed E-state index contributed by atoms with van der Waals surface area (Å²) >= 11 is 4.73. The Morgan fingerprint density at radius 1 is 1.67 bits per heavy atom. The first kappa shape index (κ1) is 8.59. The van der Waals surface area contributed by atoms with Gasteiger partial charge in [-0.2, -0.15) is 0 Å². The number of rotatable bonds is 0. The molecule has 1 aromatic rings. The Bertz CT molecular complexity index is 232. The molecule has 0 amide bonds. The third-order valence-electron chi connectivity index (χ3n) is 0.820. The van der Waals surface area contributed by atoms with Crippen molar-refractivity contribution in [3.05, 3.63) is 22.7 Å². The van der Waals surface area contributed by atoms with Crippen molar-refractivity contribution in [2.45, 2.75) is 6.92 Å². The zero-order valence-corrected chi connectivity index (χ0v) is 6.46.